The second-order valence-electron chi connectivity index (χ2n) is 5.25. The van der Waals surface area contributed by atoms with Crippen molar-refractivity contribution in [3.63, 3.8) is 0 Å². The van der Waals surface area contributed by atoms with Gasteiger partial charge in [0.2, 0.25) is 0 Å². The van der Waals surface area contributed by atoms with Gasteiger partial charge in [-0.3, -0.25) is 4.90 Å². The molecule has 0 radical (unpaired) electrons. The van der Waals surface area contributed by atoms with Crippen LogP contribution in [0.25, 0.3) is 0 Å². The maximum Gasteiger partial charge on any atom is 0.138 e. The molecule has 2 aromatic carbocycles. The molecule has 2 aromatic rings. The quantitative estimate of drug-likeness (QED) is 0.801. The number of nitrogens with zero attached hydrogens (tertiary/aromatic N) is 1. The van der Waals surface area contributed by atoms with Crippen LogP contribution in [0.2, 0.25) is 0 Å². The van der Waals surface area contributed by atoms with Gasteiger partial charge < -0.3 is 4.74 Å². The van der Waals surface area contributed by atoms with Crippen LogP contribution in [0.3, 0.4) is 0 Å². The van der Waals surface area contributed by atoms with Crippen LogP contribution in [0.4, 0.5) is 0 Å². The minimum atomic E-state index is -0.00854. The van der Waals surface area contributed by atoms with Crippen molar-refractivity contribution in [2.75, 3.05) is 7.05 Å². The Morgan fingerprint density at radius 2 is 1.65 bits per heavy atom. The minimum absolute atomic E-state index is 0.00854. The third-order valence-electron chi connectivity index (χ3n) is 4.03. The zero-order valence-electron chi connectivity index (χ0n) is 11.7. The molecule has 104 valence electrons. The summed E-state index contributed by atoms with van der Waals surface area (Å²) in [5, 5.41) is 0. The monoisotopic (exact) mass is 331 g/mol. The third kappa shape index (κ3) is 2.41. The third-order valence-corrected chi connectivity index (χ3v) is 4.75. The molecule has 0 aliphatic carbocycles. The van der Waals surface area contributed by atoms with E-state index in [-0.39, 0.29) is 12.3 Å². The number of hydrogen-bond acceptors (Lipinski definition) is 2. The summed E-state index contributed by atoms with van der Waals surface area (Å²) in [6.07, 6.45) is 0.101. The Hall–Kier alpha value is -1.16. The van der Waals surface area contributed by atoms with Crippen molar-refractivity contribution in [1.29, 1.82) is 0 Å². The molecule has 3 rings (SSSR count). The summed E-state index contributed by atoms with van der Waals surface area (Å²) in [6, 6.07) is 19.0. The van der Waals surface area contributed by atoms with Crippen LogP contribution in [0, 0.1) is 0 Å². The highest BCUT2D eigenvalue weighted by atomic mass is 79.9. The van der Waals surface area contributed by atoms with Gasteiger partial charge >= 0.3 is 0 Å². The Balaban J connectivity index is 1.91. The second kappa shape index (κ2) is 5.68. The molecule has 0 spiro atoms. The van der Waals surface area contributed by atoms with Crippen molar-refractivity contribution < 1.29 is 4.74 Å². The van der Waals surface area contributed by atoms with E-state index in [1.54, 1.807) is 0 Å². The number of ether oxygens (including phenoxy) is 1. The fourth-order valence-corrected chi connectivity index (χ4v) is 3.22. The summed E-state index contributed by atoms with van der Waals surface area (Å²) in [4.78, 5) is 2.29. The van der Waals surface area contributed by atoms with E-state index in [9.17, 15) is 0 Å². The fraction of sp³-hybridized carbons (Fsp3) is 0.294. The first-order chi connectivity index (χ1) is 9.68. The second-order valence-corrected chi connectivity index (χ2v) is 6.10. The van der Waals surface area contributed by atoms with Gasteiger partial charge in [0.1, 0.15) is 12.3 Å². The lowest BCUT2D eigenvalue weighted by Crippen LogP contribution is -2.27. The van der Waals surface area contributed by atoms with Gasteiger partial charge in [0.15, 0.2) is 0 Å². The average molecular weight is 332 g/mol. The summed E-state index contributed by atoms with van der Waals surface area (Å²) in [5.74, 6) is 0. The van der Waals surface area contributed by atoms with Crippen LogP contribution in [0.5, 0.6) is 0 Å². The molecule has 0 aromatic heterocycles. The molecule has 1 aliphatic rings. The van der Waals surface area contributed by atoms with Crippen molar-refractivity contribution >= 4 is 15.9 Å². The smallest absolute Gasteiger partial charge is 0.138 e. The molecular weight excluding hydrogens is 314 g/mol. The number of halogens is 1. The molecule has 20 heavy (non-hydrogen) atoms. The van der Waals surface area contributed by atoms with Crippen molar-refractivity contribution in [2.24, 2.45) is 0 Å². The summed E-state index contributed by atoms with van der Waals surface area (Å²) in [5.41, 5.74) is 2.42. The standard InChI is InChI=1S/C17H18BrNO/c1-12-16(13-8-4-3-5-9-13)20-17(19(12)2)14-10-6-7-11-15(14)18/h3-12,16-17H,1-2H3/t12-,16+,17-/m0/s1. The number of benzene rings is 2. The normalized spacial score (nSPS) is 26.9. The van der Waals surface area contributed by atoms with E-state index < -0.39 is 0 Å². The van der Waals surface area contributed by atoms with Gasteiger partial charge in [-0.15, -0.1) is 0 Å². The summed E-state index contributed by atoms with van der Waals surface area (Å²) in [7, 11) is 2.12. The number of hydrogen-bond donors (Lipinski definition) is 0. The SMILES string of the molecule is C[C@H]1[C@H](c2ccccc2)O[C@@H](c2ccccc2Br)N1C. The van der Waals surface area contributed by atoms with Crippen molar-refractivity contribution in [2.45, 2.75) is 25.3 Å². The van der Waals surface area contributed by atoms with E-state index in [1.165, 1.54) is 11.1 Å². The maximum absolute atomic E-state index is 6.33. The Labute approximate surface area is 128 Å². The summed E-state index contributed by atoms with van der Waals surface area (Å²) < 4.78 is 7.43. The Kier molecular flexibility index (Phi) is 3.92. The fourth-order valence-electron chi connectivity index (χ4n) is 2.74. The first-order valence-corrected chi connectivity index (χ1v) is 7.64. The highest BCUT2D eigenvalue weighted by molar-refractivity contribution is 9.10. The number of likely N-dealkylation sites (N-methyl/N-ethyl adjacent to an activating group) is 1. The lowest BCUT2D eigenvalue weighted by Gasteiger charge is -2.22. The van der Waals surface area contributed by atoms with E-state index in [4.69, 9.17) is 4.74 Å². The van der Waals surface area contributed by atoms with Crippen LogP contribution in [0.15, 0.2) is 59.1 Å². The molecule has 0 amide bonds. The summed E-state index contributed by atoms with van der Waals surface area (Å²) in [6.45, 7) is 2.22. The van der Waals surface area contributed by atoms with Gasteiger partial charge in [0.05, 0.1) is 0 Å². The lowest BCUT2D eigenvalue weighted by atomic mass is 10.0. The molecule has 1 aliphatic heterocycles. The van der Waals surface area contributed by atoms with Crippen LogP contribution in [0.1, 0.15) is 30.4 Å². The average Bonchev–Trinajstić information content (AvgIpc) is 2.77. The van der Waals surface area contributed by atoms with Crippen LogP contribution in [-0.2, 0) is 4.74 Å². The predicted octanol–water partition coefficient (Wildman–Crippen LogP) is 4.54. The Bertz CT molecular complexity index is 587. The van der Waals surface area contributed by atoms with Gasteiger partial charge in [-0.2, -0.15) is 0 Å². The van der Waals surface area contributed by atoms with E-state index >= 15 is 0 Å². The first-order valence-electron chi connectivity index (χ1n) is 6.85. The van der Waals surface area contributed by atoms with Gasteiger partial charge in [0.25, 0.3) is 0 Å². The van der Waals surface area contributed by atoms with Gasteiger partial charge in [-0.1, -0.05) is 64.5 Å². The summed E-state index contributed by atoms with van der Waals surface area (Å²) >= 11 is 3.62. The first kappa shape index (κ1) is 13.8. The molecule has 0 N–H and O–H groups in total. The van der Waals surface area contributed by atoms with Crippen molar-refractivity contribution in [1.82, 2.24) is 4.90 Å². The zero-order chi connectivity index (χ0) is 14.1. The largest absolute Gasteiger partial charge is 0.349 e. The Morgan fingerprint density at radius 1 is 1.00 bits per heavy atom. The van der Waals surface area contributed by atoms with Gasteiger partial charge in [-0.05, 0) is 25.6 Å². The van der Waals surface area contributed by atoms with Crippen LogP contribution in [-0.4, -0.2) is 18.0 Å². The van der Waals surface area contributed by atoms with Crippen LogP contribution >= 0.6 is 15.9 Å². The molecule has 0 saturated carbocycles. The highest BCUT2D eigenvalue weighted by Crippen LogP contribution is 2.42. The number of rotatable bonds is 2. The van der Waals surface area contributed by atoms with Gasteiger partial charge in [0, 0.05) is 16.1 Å². The molecule has 2 nitrogen and oxygen atoms in total. The van der Waals surface area contributed by atoms with Crippen molar-refractivity contribution in [3.05, 3.63) is 70.2 Å². The predicted molar refractivity (Wildman–Crippen MR) is 84.4 cm³/mol. The van der Waals surface area contributed by atoms with E-state index in [0.29, 0.717) is 6.04 Å². The topological polar surface area (TPSA) is 12.5 Å². The lowest BCUT2D eigenvalue weighted by molar-refractivity contribution is 0.00512. The van der Waals surface area contributed by atoms with E-state index in [2.05, 4.69) is 77.3 Å². The van der Waals surface area contributed by atoms with E-state index in [0.717, 1.165) is 4.47 Å². The van der Waals surface area contributed by atoms with Crippen molar-refractivity contribution in [3.8, 4) is 0 Å². The molecule has 0 bridgehead atoms. The maximum atomic E-state index is 6.33. The van der Waals surface area contributed by atoms with Crippen LogP contribution < -0.4 is 0 Å². The molecular formula is C17H18BrNO. The molecule has 3 heteroatoms. The van der Waals surface area contributed by atoms with Gasteiger partial charge in [-0.25, -0.2) is 0 Å². The minimum Gasteiger partial charge on any atom is -0.349 e. The molecule has 3 atom stereocenters. The molecule has 1 saturated heterocycles. The zero-order valence-corrected chi connectivity index (χ0v) is 13.2. The molecule has 1 heterocycles. The molecule has 0 unspecified atom stereocenters. The molecule has 1 fully saturated rings. The highest BCUT2D eigenvalue weighted by Gasteiger charge is 2.39. The van der Waals surface area contributed by atoms with E-state index in [1.807, 2.05) is 12.1 Å². The Morgan fingerprint density at radius 3 is 2.35 bits per heavy atom.